The molecule has 0 amide bonds. The van der Waals surface area contributed by atoms with Crippen LogP contribution in [0.2, 0.25) is 0 Å². The van der Waals surface area contributed by atoms with Gasteiger partial charge in [0, 0.05) is 23.6 Å². The molecule has 1 aromatic heterocycles. The SMILES string of the molecule is C=CCN1/C(=C/C(=C/c2sc3ccccc3[n+]2CC=C)CC)Sc2ccccc21.[I-]. The lowest BCUT2D eigenvalue weighted by Crippen LogP contribution is -3.00. The summed E-state index contributed by atoms with van der Waals surface area (Å²) >= 11 is 3.67. The molecule has 154 valence electrons. The zero-order valence-electron chi connectivity index (χ0n) is 17.1. The summed E-state index contributed by atoms with van der Waals surface area (Å²) in [4.78, 5) is 3.65. The van der Waals surface area contributed by atoms with Crippen molar-refractivity contribution in [3.8, 4) is 0 Å². The van der Waals surface area contributed by atoms with Gasteiger partial charge in [0.25, 0.3) is 5.01 Å². The van der Waals surface area contributed by atoms with Crippen LogP contribution in [0, 0.1) is 0 Å². The van der Waals surface area contributed by atoms with Crippen molar-refractivity contribution in [2.24, 2.45) is 0 Å². The highest BCUT2D eigenvalue weighted by molar-refractivity contribution is 8.03. The quantitative estimate of drug-likeness (QED) is 0.254. The van der Waals surface area contributed by atoms with E-state index in [0.717, 1.165) is 19.5 Å². The molecule has 4 rings (SSSR count). The first-order valence-electron chi connectivity index (χ1n) is 9.85. The molecule has 30 heavy (non-hydrogen) atoms. The summed E-state index contributed by atoms with van der Waals surface area (Å²) in [6.45, 7) is 11.7. The van der Waals surface area contributed by atoms with Crippen LogP contribution in [0.25, 0.3) is 16.3 Å². The second-order valence-corrected chi connectivity index (χ2v) is 8.96. The Balaban J connectivity index is 0.00000256. The third-order valence-corrected chi connectivity index (χ3v) is 7.15. The highest BCUT2D eigenvalue weighted by Gasteiger charge is 2.24. The Morgan fingerprint density at radius 3 is 2.60 bits per heavy atom. The van der Waals surface area contributed by atoms with Crippen molar-refractivity contribution in [1.29, 1.82) is 0 Å². The van der Waals surface area contributed by atoms with Crippen molar-refractivity contribution in [2.75, 3.05) is 11.4 Å². The summed E-state index contributed by atoms with van der Waals surface area (Å²) in [5.74, 6) is 0. The predicted octanol–water partition coefficient (Wildman–Crippen LogP) is 3.81. The number of hydrogen-bond donors (Lipinski definition) is 0. The fourth-order valence-corrected chi connectivity index (χ4v) is 5.81. The molecule has 0 N–H and O–H groups in total. The molecule has 3 aromatic rings. The number of hydrogen-bond acceptors (Lipinski definition) is 3. The summed E-state index contributed by atoms with van der Waals surface area (Å²) in [6, 6.07) is 17.2. The second-order valence-electron chi connectivity index (χ2n) is 6.83. The number of rotatable bonds is 7. The summed E-state index contributed by atoms with van der Waals surface area (Å²) < 4.78 is 3.65. The van der Waals surface area contributed by atoms with Crippen LogP contribution in [0.4, 0.5) is 5.69 Å². The zero-order chi connectivity index (χ0) is 20.2. The summed E-state index contributed by atoms with van der Waals surface area (Å²) in [7, 11) is 0. The van der Waals surface area contributed by atoms with Gasteiger partial charge in [-0.05, 0) is 42.3 Å². The van der Waals surface area contributed by atoms with Crippen LogP contribution >= 0.6 is 23.1 Å². The maximum absolute atomic E-state index is 3.95. The molecule has 0 saturated heterocycles. The summed E-state index contributed by atoms with van der Waals surface area (Å²) in [5.41, 5.74) is 3.85. The van der Waals surface area contributed by atoms with E-state index in [1.54, 1.807) is 0 Å². The number of aromatic nitrogens is 1. The van der Waals surface area contributed by atoms with Gasteiger partial charge in [-0.25, -0.2) is 0 Å². The van der Waals surface area contributed by atoms with E-state index in [1.165, 1.54) is 36.4 Å². The molecule has 0 saturated carbocycles. The molecule has 2 aromatic carbocycles. The van der Waals surface area contributed by atoms with Gasteiger partial charge in [0.05, 0.1) is 10.7 Å². The lowest BCUT2D eigenvalue weighted by molar-refractivity contribution is -0.658. The Hall–Kier alpha value is -1.83. The first-order chi connectivity index (χ1) is 14.2. The predicted molar refractivity (Wildman–Crippen MR) is 128 cm³/mol. The third kappa shape index (κ3) is 4.58. The van der Waals surface area contributed by atoms with Crippen molar-refractivity contribution in [3.05, 3.63) is 95.5 Å². The average molecular weight is 545 g/mol. The number of para-hydroxylation sites is 2. The Labute approximate surface area is 204 Å². The maximum atomic E-state index is 3.95. The average Bonchev–Trinajstić information content (AvgIpc) is 3.26. The fraction of sp³-hybridized carbons (Fsp3) is 0.160. The topological polar surface area (TPSA) is 7.12 Å². The molecule has 0 fully saturated rings. The van der Waals surface area contributed by atoms with E-state index >= 15 is 0 Å². The van der Waals surface area contributed by atoms with Gasteiger partial charge in [0.15, 0.2) is 6.54 Å². The van der Waals surface area contributed by atoms with Crippen molar-refractivity contribution in [2.45, 2.75) is 24.8 Å². The number of anilines is 1. The number of allylic oxidation sites excluding steroid dienone is 3. The lowest BCUT2D eigenvalue weighted by Gasteiger charge is -2.18. The van der Waals surface area contributed by atoms with Gasteiger partial charge < -0.3 is 28.9 Å². The minimum absolute atomic E-state index is 0. The maximum Gasteiger partial charge on any atom is 0.263 e. The van der Waals surface area contributed by atoms with Crippen molar-refractivity contribution >= 4 is 45.1 Å². The molecule has 1 aliphatic rings. The summed E-state index contributed by atoms with van der Waals surface area (Å²) in [5, 5.41) is 2.52. The van der Waals surface area contributed by atoms with Gasteiger partial charge in [-0.3, -0.25) is 0 Å². The monoisotopic (exact) mass is 544 g/mol. The van der Waals surface area contributed by atoms with E-state index in [2.05, 4.69) is 90.2 Å². The van der Waals surface area contributed by atoms with E-state index in [0.29, 0.717) is 0 Å². The minimum atomic E-state index is 0. The molecule has 0 atom stereocenters. The Bertz CT molecular complexity index is 1130. The van der Waals surface area contributed by atoms with Crippen molar-refractivity contribution < 1.29 is 28.5 Å². The van der Waals surface area contributed by atoms with Crippen LogP contribution < -0.4 is 33.4 Å². The van der Waals surface area contributed by atoms with Crippen LogP contribution in [-0.4, -0.2) is 6.54 Å². The Morgan fingerprint density at radius 1 is 1.07 bits per heavy atom. The fourth-order valence-electron chi connectivity index (χ4n) is 3.52. The Kier molecular flexibility index (Phi) is 7.97. The van der Waals surface area contributed by atoms with Gasteiger partial charge in [0.2, 0.25) is 5.52 Å². The standard InChI is InChI=1S/C25H25N2S2.HI/c1-4-15-26-20-11-7-9-13-22(20)28-24(26)17-19(6-3)18-25-27(16-5-2)21-12-8-10-14-23(21)29-25;/h4-5,7-14,17-18H,1-2,6,15-16H2,3H3;1H/q+1;/p-1. The molecule has 0 spiro atoms. The number of thioether (sulfide) groups is 1. The van der Waals surface area contributed by atoms with Crippen molar-refractivity contribution in [1.82, 2.24) is 0 Å². The molecular formula is C25H25IN2S2. The highest BCUT2D eigenvalue weighted by atomic mass is 127. The molecule has 0 unspecified atom stereocenters. The smallest absolute Gasteiger partial charge is 0.263 e. The number of halogens is 1. The van der Waals surface area contributed by atoms with Crippen LogP contribution in [-0.2, 0) is 6.54 Å². The second kappa shape index (κ2) is 10.5. The normalized spacial score (nSPS) is 14.6. The van der Waals surface area contributed by atoms with Crippen LogP contribution in [0.3, 0.4) is 0 Å². The van der Waals surface area contributed by atoms with Crippen LogP contribution in [0.5, 0.6) is 0 Å². The summed E-state index contributed by atoms with van der Waals surface area (Å²) in [6.07, 6.45) is 9.57. The van der Waals surface area contributed by atoms with Crippen molar-refractivity contribution in [3.63, 3.8) is 0 Å². The van der Waals surface area contributed by atoms with Gasteiger partial charge in [-0.1, -0.05) is 66.9 Å². The van der Waals surface area contributed by atoms with Gasteiger partial charge in [-0.2, -0.15) is 4.57 Å². The number of thiazole rings is 1. The van der Waals surface area contributed by atoms with Gasteiger partial charge >= 0.3 is 0 Å². The first-order valence-corrected chi connectivity index (χ1v) is 11.5. The highest BCUT2D eigenvalue weighted by Crippen LogP contribution is 2.46. The van der Waals surface area contributed by atoms with E-state index in [-0.39, 0.29) is 24.0 Å². The molecule has 0 aliphatic carbocycles. The van der Waals surface area contributed by atoms with E-state index in [9.17, 15) is 0 Å². The molecule has 0 radical (unpaired) electrons. The molecule has 0 bridgehead atoms. The lowest BCUT2D eigenvalue weighted by atomic mass is 10.2. The van der Waals surface area contributed by atoms with Crippen LogP contribution in [0.1, 0.15) is 18.4 Å². The number of fused-ring (bicyclic) bond motifs is 2. The number of nitrogens with zero attached hydrogens (tertiary/aromatic N) is 2. The third-order valence-electron chi connectivity index (χ3n) is 4.92. The molecule has 5 heteroatoms. The molecule has 2 heterocycles. The van der Waals surface area contributed by atoms with Gasteiger partial charge in [0.1, 0.15) is 4.70 Å². The van der Waals surface area contributed by atoms with E-state index < -0.39 is 0 Å². The zero-order valence-corrected chi connectivity index (χ0v) is 20.8. The first kappa shape index (κ1) is 22.8. The minimum Gasteiger partial charge on any atom is -1.00 e. The van der Waals surface area contributed by atoms with Gasteiger partial charge in [-0.15, -0.1) is 6.58 Å². The Morgan fingerprint density at radius 2 is 1.83 bits per heavy atom. The molecular weight excluding hydrogens is 519 g/mol. The van der Waals surface area contributed by atoms with E-state index in [1.807, 2.05) is 35.3 Å². The molecule has 1 aliphatic heterocycles. The van der Waals surface area contributed by atoms with E-state index in [4.69, 9.17) is 0 Å². The number of benzene rings is 2. The molecule has 2 nitrogen and oxygen atoms in total. The largest absolute Gasteiger partial charge is 1.00 e. The van der Waals surface area contributed by atoms with Crippen LogP contribution in [0.15, 0.2) is 95.4 Å².